The smallest absolute Gasteiger partial charge is 0.416 e. The van der Waals surface area contributed by atoms with Crippen LogP contribution in [0.4, 0.5) is 13.2 Å². The Morgan fingerprint density at radius 3 is 2.52 bits per heavy atom. The van der Waals surface area contributed by atoms with Crippen LogP contribution in [0.15, 0.2) is 47.3 Å². The second-order valence-electron chi connectivity index (χ2n) is 5.18. The van der Waals surface area contributed by atoms with Gasteiger partial charge in [0, 0.05) is 0 Å². The summed E-state index contributed by atoms with van der Waals surface area (Å²) in [7, 11) is 0. The summed E-state index contributed by atoms with van der Waals surface area (Å²) in [5.74, 6) is -1.18. The molecule has 2 aromatic carbocycles. The van der Waals surface area contributed by atoms with Crippen molar-refractivity contribution in [1.82, 2.24) is 9.55 Å². The third kappa shape index (κ3) is 3.05. The van der Waals surface area contributed by atoms with Crippen LogP contribution in [-0.2, 0) is 6.18 Å². The molecule has 9 heteroatoms. The van der Waals surface area contributed by atoms with Crippen LogP contribution < -0.4 is 5.56 Å². The molecule has 0 saturated heterocycles. The van der Waals surface area contributed by atoms with Crippen LogP contribution in [0.3, 0.4) is 0 Å². The molecule has 3 aromatic rings. The molecular formula is C16H9F3N2O3S. The van der Waals surface area contributed by atoms with Crippen molar-refractivity contribution in [2.45, 2.75) is 6.18 Å². The summed E-state index contributed by atoms with van der Waals surface area (Å²) < 4.78 is 39.4. The number of H-pyrrole nitrogens is 1. The topological polar surface area (TPSA) is 75.1 Å². The zero-order chi connectivity index (χ0) is 18.4. The van der Waals surface area contributed by atoms with Crippen LogP contribution in [0.5, 0.6) is 0 Å². The number of aromatic carboxylic acids is 1. The highest BCUT2D eigenvalue weighted by atomic mass is 32.1. The van der Waals surface area contributed by atoms with Gasteiger partial charge in [-0.2, -0.15) is 13.2 Å². The van der Waals surface area contributed by atoms with Crippen LogP contribution >= 0.6 is 12.2 Å². The molecular weight excluding hydrogens is 357 g/mol. The van der Waals surface area contributed by atoms with Gasteiger partial charge in [-0.05, 0) is 48.6 Å². The number of benzene rings is 2. The largest absolute Gasteiger partial charge is 0.478 e. The van der Waals surface area contributed by atoms with Gasteiger partial charge in [-0.3, -0.25) is 9.36 Å². The Morgan fingerprint density at radius 1 is 1.16 bits per heavy atom. The van der Waals surface area contributed by atoms with Crippen molar-refractivity contribution in [3.05, 3.63) is 68.7 Å². The van der Waals surface area contributed by atoms with Crippen molar-refractivity contribution in [1.29, 1.82) is 0 Å². The number of hydrogen-bond acceptors (Lipinski definition) is 3. The van der Waals surface area contributed by atoms with Crippen molar-refractivity contribution in [3.63, 3.8) is 0 Å². The number of aromatic amines is 1. The Hall–Kier alpha value is -2.94. The van der Waals surface area contributed by atoms with E-state index in [4.69, 9.17) is 17.3 Å². The molecule has 0 unspecified atom stereocenters. The zero-order valence-corrected chi connectivity index (χ0v) is 13.1. The van der Waals surface area contributed by atoms with Gasteiger partial charge < -0.3 is 10.1 Å². The molecule has 0 saturated carbocycles. The number of nitrogens with zero attached hydrogens (tertiary/aromatic N) is 1. The number of hydrogen-bond donors (Lipinski definition) is 2. The maximum absolute atomic E-state index is 12.9. The van der Waals surface area contributed by atoms with Gasteiger partial charge in [-0.15, -0.1) is 0 Å². The molecule has 3 rings (SSSR count). The number of alkyl halides is 3. The minimum absolute atomic E-state index is 0.0368. The molecule has 128 valence electrons. The summed E-state index contributed by atoms with van der Waals surface area (Å²) in [5, 5.41) is 9.10. The zero-order valence-electron chi connectivity index (χ0n) is 12.3. The monoisotopic (exact) mass is 366 g/mol. The van der Waals surface area contributed by atoms with Gasteiger partial charge in [-0.25, -0.2) is 4.79 Å². The van der Waals surface area contributed by atoms with Gasteiger partial charge >= 0.3 is 12.1 Å². The number of fused-ring (bicyclic) bond motifs is 1. The number of carbonyl (C=O) groups is 1. The third-order valence-electron chi connectivity index (χ3n) is 3.58. The van der Waals surface area contributed by atoms with Crippen molar-refractivity contribution in [2.24, 2.45) is 0 Å². The van der Waals surface area contributed by atoms with Crippen LogP contribution in [0.2, 0.25) is 0 Å². The maximum Gasteiger partial charge on any atom is 0.416 e. The van der Waals surface area contributed by atoms with E-state index in [1.807, 2.05) is 0 Å². The fourth-order valence-electron chi connectivity index (χ4n) is 2.41. The van der Waals surface area contributed by atoms with E-state index in [0.717, 1.165) is 16.7 Å². The van der Waals surface area contributed by atoms with E-state index in [1.165, 1.54) is 30.3 Å². The molecule has 2 N–H and O–H groups in total. The van der Waals surface area contributed by atoms with Gasteiger partial charge in [0.1, 0.15) is 0 Å². The Balaban J connectivity index is 2.28. The Kier molecular flexibility index (Phi) is 3.96. The Bertz CT molecular complexity index is 1120. The van der Waals surface area contributed by atoms with E-state index in [-0.39, 0.29) is 26.9 Å². The van der Waals surface area contributed by atoms with Crippen molar-refractivity contribution in [2.75, 3.05) is 0 Å². The number of carboxylic acids is 1. The summed E-state index contributed by atoms with van der Waals surface area (Å²) in [6.45, 7) is 0. The lowest BCUT2D eigenvalue weighted by Gasteiger charge is -2.11. The molecule has 25 heavy (non-hydrogen) atoms. The third-order valence-corrected chi connectivity index (χ3v) is 3.86. The van der Waals surface area contributed by atoms with Gasteiger partial charge in [0.05, 0.1) is 27.7 Å². The summed E-state index contributed by atoms with van der Waals surface area (Å²) in [5.41, 5.74) is -1.44. The highest BCUT2D eigenvalue weighted by molar-refractivity contribution is 7.71. The van der Waals surface area contributed by atoms with Gasteiger partial charge in [-0.1, -0.05) is 6.07 Å². The molecule has 0 aliphatic heterocycles. The molecule has 0 amide bonds. The van der Waals surface area contributed by atoms with Crippen molar-refractivity contribution >= 4 is 29.1 Å². The predicted molar refractivity (Wildman–Crippen MR) is 86.7 cm³/mol. The number of nitrogens with one attached hydrogen (secondary N) is 1. The molecule has 0 aliphatic rings. The molecule has 0 bridgehead atoms. The van der Waals surface area contributed by atoms with Crippen LogP contribution in [0.25, 0.3) is 16.6 Å². The molecule has 0 radical (unpaired) electrons. The van der Waals surface area contributed by atoms with E-state index in [2.05, 4.69) is 4.98 Å². The minimum Gasteiger partial charge on any atom is -0.478 e. The SMILES string of the molecule is O=C(O)c1ccc2c(=O)n(-c3cccc(C(F)(F)F)c3)c(=S)[nH]c2c1. The second kappa shape index (κ2) is 5.85. The molecule has 0 fully saturated rings. The maximum atomic E-state index is 12.9. The fraction of sp³-hybridized carbons (Fsp3) is 0.0625. The Labute approximate surface area is 143 Å². The van der Waals surface area contributed by atoms with E-state index >= 15 is 0 Å². The van der Waals surface area contributed by atoms with E-state index < -0.39 is 23.3 Å². The molecule has 1 heterocycles. The first kappa shape index (κ1) is 16.9. The Morgan fingerprint density at radius 2 is 1.88 bits per heavy atom. The van der Waals surface area contributed by atoms with Gasteiger partial charge in [0.25, 0.3) is 5.56 Å². The first-order chi connectivity index (χ1) is 11.7. The summed E-state index contributed by atoms with van der Waals surface area (Å²) >= 11 is 5.07. The van der Waals surface area contributed by atoms with Crippen LogP contribution in [0.1, 0.15) is 15.9 Å². The quantitative estimate of drug-likeness (QED) is 0.677. The standard InChI is InChI=1S/C16H9F3N2O3S/c17-16(18,19)9-2-1-3-10(7-9)21-13(22)11-5-4-8(14(23)24)6-12(11)20-15(21)25/h1-7H,(H,20,25)(H,23,24). The summed E-state index contributed by atoms with van der Waals surface area (Å²) in [6.07, 6.45) is -4.56. The number of carboxylic acid groups (broad SMARTS) is 1. The fourth-order valence-corrected chi connectivity index (χ4v) is 2.71. The van der Waals surface area contributed by atoms with Gasteiger partial charge in [0.2, 0.25) is 0 Å². The number of rotatable bonds is 2. The normalized spacial score (nSPS) is 11.6. The van der Waals surface area contributed by atoms with E-state index in [0.29, 0.717) is 0 Å². The van der Waals surface area contributed by atoms with Crippen molar-refractivity contribution < 1.29 is 23.1 Å². The lowest BCUT2D eigenvalue weighted by atomic mass is 10.1. The van der Waals surface area contributed by atoms with E-state index in [1.54, 1.807) is 0 Å². The first-order valence-electron chi connectivity index (χ1n) is 6.88. The molecule has 0 aliphatic carbocycles. The molecule has 0 atom stereocenters. The highest BCUT2D eigenvalue weighted by Crippen LogP contribution is 2.30. The predicted octanol–water partition coefficient (Wildman–Crippen LogP) is 3.77. The molecule has 0 spiro atoms. The first-order valence-corrected chi connectivity index (χ1v) is 7.29. The van der Waals surface area contributed by atoms with Crippen LogP contribution in [0, 0.1) is 4.77 Å². The van der Waals surface area contributed by atoms with E-state index in [9.17, 15) is 22.8 Å². The number of aromatic nitrogens is 2. The summed E-state index contributed by atoms with van der Waals surface area (Å²) in [6, 6.07) is 7.99. The van der Waals surface area contributed by atoms with Crippen molar-refractivity contribution in [3.8, 4) is 5.69 Å². The average molecular weight is 366 g/mol. The highest BCUT2D eigenvalue weighted by Gasteiger charge is 2.30. The summed E-state index contributed by atoms with van der Waals surface area (Å²) in [4.78, 5) is 26.3. The lowest BCUT2D eigenvalue weighted by Crippen LogP contribution is -2.21. The lowest BCUT2D eigenvalue weighted by molar-refractivity contribution is -0.137. The second-order valence-corrected chi connectivity index (χ2v) is 5.57. The molecule has 1 aromatic heterocycles. The molecule has 5 nitrogen and oxygen atoms in total. The number of halogens is 3. The van der Waals surface area contributed by atoms with Crippen LogP contribution in [-0.4, -0.2) is 20.6 Å². The average Bonchev–Trinajstić information content (AvgIpc) is 2.53. The minimum atomic E-state index is -4.56. The van der Waals surface area contributed by atoms with Gasteiger partial charge in [0.15, 0.2) is 4.77 Å².